The monoisotopic (exact) mass is 112 g/mol. The van der Waals surface area contributed by atoms with E-state index in [2.05, 4.69) is 17.2 Å². The lowest BCUT2D eigenvalue weighted by Crippen LogP contribution is -2.29. The predicted octanol–water partition coefficient (Wildman–Crippen LogP) is 0.787. The second-order valence-electron chi connectivity index (χ2n) is 2.28. The summed E-state index contributed by atoms with van der Waals surface area (Å²) in [4.78, 5) is 4.29. The molecule has 1 N–H and O–H groups in total. The molecule has 46 valence electrons. The van der Waals surface area contributed by atoms with Gasteiger partial charge < -0.3 is 5.32 Å². The summed E-state index contributed by atoms with van der Waals surface area (Å²) in [6.45, 7) is 5.25. The van der Waals surface area contributed by atoms with E-state index in [4.69, 9.17) is 0 Å². The van der Waals surface area contributed by atoms with E-state index in [1.54, 1.807) is 0 Å². The van der Waals surface area contributed by atoms with Crippen molar-refractivity contribution in [2.45, 2.75) is 26.3 Å². The minimum atomic E-state index is 0.538. The molecule has 0 unspecified atom stereocenters. The summed E-state index contributed by atoms with van der Waals surface area (Å²) in [6, 6.07) is 0.538. The summed E-state index contributed by atoms with van der Waals surface area (Å²) < 4.78 is 0. The molecule has 0 spiro atoms. The molecular weight excluding hydrogens is 100 g/mol. The number of rotatable bonds is 0. The molecule has 0 bridgehead atoms. The first-order valence-corrected chi connectivity index (χ1v) is 3.07. The predicted molar refractivity (Wildman–Crippen MR) is 35.2 cm³/mol. The SMILES string of the molecule is CC1=N[C@@H](C)CCN1. The molecular formula is C6H12N2. The fraction of sp³-hybridized carbons (Fsp3) is 0.833. The molecule has 0 aromatic carbocycles. The normalized spacial score (nSPS) is 28.8. The first-order chi connectivity index (χ1) is 3.79. The smallest absolute Gasteiger partial charge is 0.0934 e. The highest BCUT2D eigenvalue weighted by atomic mass is 15.0. The van der Waals surface area contributed by atoms with E-state index in [9.17, 15) is 0 Å². The fourth-order valence-corrected chi connectivity index (χ4v) is 0.903. The van der Waals surface area contributed by atoms with E-state index in [-0.39, 0.29) is 0 Å². The van der Waals surface area contributed by atoms with Gasteiger partial charge in [0.1, 0.15) is 0 Å². The highest BCUT2D eigenvalue weighted by molar-refractivity contribution is 5.80. The minimum Gasteiger partial charge on any atom is -0.374 e. The van der Waals surface area contributed by atoms with Crippen molar-refractivity contribution < 1.29 is 0 Å². The first-order valence-electron chi connectivity index (χ1n) is 3.07. The van der Waals surface area contributed by atoms with Crippen molar-refractivity contribution in [2.75, 3.05) is 6.54 Å². The van der Waals surface area contributed by atoms with Crippen LogP contribution in [0.4, 0.5) is 0 Å². The van der Waals surface area contributed by atoms with Gasteiger partial charge in [0, 0.05) is 6.54 Å². The van der Waals surface area contributed by atoms with Crippen LogP contribution in [0.1, 0.15) is 20.3 Å². The van der Waals surface area contributed by atoms with Crippen molar-refractivity contribution in [3.63, 3.8) is 0 Å². The standard InChI is InChI=1S/C6H12N2/c1-5-3-4-7-6(2)8-5/h5H,3-4H2,1-2H3,(H,7,8)/t5-/m0/s1. The maximum Gasteiger partial charge on any atom is 0.0934 e. The van der Waals surface area contributed by atoms with Gasteiger partial charge in [-0.05, 0) is 20.3 Å². The molecule has 0 saturated heterocycles. The van der Waals surface area contributed by atoms with Crippen LogP contribution in [-0.2, 0) is 0 Å². The van der Waals surface area contributed by atoms with Gasteiger partial charge in [0.05, 0.1) is 11.9 Å². The Morgan fingerprint density at radius 2 is 2.50 bits per heavy atom. The zero-order chi connectivity index (χ0) is 5.98. The van der Waals surface area contributed by atoms with Crippen molar-refractivity contribution in [3.8, 4) is 0 Å². The highest BCUT2D eigenvalue weighted by Gasteiger charge is 2.04. The minimum absolute atomic E-state index is 0.538. The van der Waals surface area contributed by atoms with Crippen LogP contribution in [0.2, 0.25) is 0 Å². The zero-order valence-electron chi connectivity index (χ0n) is 5.44. The van der Waals surface area contributed by atoms with Gasteiger partial charge in [-0.25, -0.2) is 0 Å². The Morgan fingerprint density at radius 1 is 1.75 bits per heavy atom. The molecule has 0 aromatic rings. The molecule has 0 saturated carbocycles. The molecule has 0 aromatic heterocycles. The Balaban J connectivity index is 2.50. The maximum atomic E-state index is 4.29. The maximum absolute atomic E-state index is 4.29. The van der Waals surface area contributed by atoms with Crippen LogP contribution in [0, 0.1) is 0 Å². The van der Waals surface area contributed by atoms with Crippen molar-refractivity contribution >= 4 is 5.84 Å². The van der Waals surface area contributed by atoms with E-state index in [0.717, 1.165) is 12.4 Å². The molecule has 0 radical (unpaired) electrons. The molecule has 0 aliphatic carbocycles. The summed E-state index contributed by atoms with van der Waals surface area (Å²) in [5.74, 6) is 1.09. The number of nitrogens with zero attached hydrogens (tertiary/aromatic N) is 1. The molecule has 1 rings (SSSR count). The van der Waals surface area contributed by atoms with Crippen LogP contribution in [0.25, 0.3) is 0 Å². The average molecular weight is 112 g/mol. The first kappa shape index (κ1) is 5.60. The Bertz CT molecular complexity index is 107. The molecule has 2 nitrogen and oxygen atoms in total. The summed E-state index contributed by atoms with van der Waals surface area (Å²) in [5, 5.41) is 3.16. The Kier molecular flexibility index (Phi) is 1.51. The summed E-state index contributed by atoms with van der Waals surface area (Å²) in [7, 11) is 0. The summed E-state index contributed by atoms with van der Waals surface area (Å²) >= 11 is 0. The summed E-state index contributed by atoms with van der Waals surface area (Å²) in [6.07, 6.45) is 1.18. The van der Waals surface area contributed by atoms with Crippen molar-refractivity contribution in [1.29, 1.82) is 0 Å². The van der Waals surface area contributed by atoms with Crippen molar-refractivity contribution in [3.05, 3.63) is 0 Å². The van der Waals surface area contributed by atoms with Crippen LogP contribution in [0.5, 0.6) is 0 Å². The Labute approximate surface area is 50.0 Å². The van der Waals surface area contributed by atoms with E-state index >= 15 is 0 Å². The largest absolute Gasteiger partial charge is 0.374 e. The third kappa shape index (κ3) is 1.22. The van der Waals surface area contributed by atoms with Gasteiger partial charge in [-0.3, -0.25) is 4.99 Å². The highest BCUT2D eigenvalue weighted by Crippen LogP contribution is 1.99. The fourth-order valence-electron chi connectivity index (χ4n) is 0.903. The second kappa shape index (κ2) is 2.16. The van der Waals surface area contributed by atoms with Gasteiger partial charge >= 0.3 is 0 Å². The lowest BCUT2D eigenvalue weighted by Gasteiger charge is -2.15. The third-order valence-corrected chi connectivity index (χ3v) is 1.36. The number of nitrogens with one attached hydrogen (secondary N) is 1. The van der Waals surface area contributed by atoms with Gasteiger partial charge in [0.15, 0.2) is 0 Å². The van der Waals surface area contributed by atoms with Crippen molar-refractivity contribution in [2.24, 2.45) is 4.99 Å². The number of amidine groups is 1. The van der Waals surface area contributed by atoms with E-state index in [1.807, 2.05) is 6.92 Å². The molecule has 2 heteroatoms. The lowest BCUT2D eigenvalue weighted by molar-refractivity contribution is 0.615. The second-order valence-corrected chi connectivity index (χ2v) is 2.28. The van der Waals surface area contributed by atoms with Crippen LogP contribution in [-0.4, -0.2) is 18.4 Å². The molecule has 1 aliphatic heterocycles. The Hall–Kier alpha value is -0.530. The van der Waals surface area contributed by atoms with E-state index in [1.165, 1.54) is 6.42 Å². The topological polar surface area (TPSA) is 24.4 Å². The van der Waals surface area contributed by atoms with Crippen molar-refractivity contribution in [1.82, 2.24) is 5.32 Å². The number of aliphatic imine (C=N–C) groups is 1. The number of hydrogen-bond acceptors (Lipinski definition) is 2. The average Bonchev–Trinajstić information content (AvgIpc) is 1.64. The van der Waals surface area contributed by atoms with Crippen LogP contribution in [0.3, 0.4) is 0 Å². The third-order valence-electron chi connectivity index (χ3n) is 1.36. The summed E-state index contributed by atoms with van der Waals surface area (Å²) in [5.41, 5.74) is 0. The van der Waals surface area contributed by atoms with E-state index in [0.29, 0.717) is 6.04 Å². The Morgan fingerprint density at radius 3 is 2.88 bits per heavy atom. The van der Waals surface area contributed by atoms with Gasteiger partial charge in [-0.15, -0.1) is 0 Å². The van der Waals surface area contributed by atoms with E-state index < -0.39 is 0 Å². The van der Waals surface area contributed by atoms with Gasteiger partial charge in [0.25, 0.3) is 0 Å². The molecule has 8 heavy (non-hydrogen) atoms. The van der Waals surface area contributed by atoms with Crippen LogP contribution >= 0.6 is 0 Å². The van der Waals surface area contributed by atoms with Gasteiger partial charge in [-0.1, -0.05) is 0 Å². The zero-order valence-corrected chi connectivity index (χ0v) is 5.44. The lowest BCUT2D eigenvalue weighted by atomic mass is 10.2. The van der Waals surface area contributed by atoms with Crippen LogP contribution in [0.15, 0.2) is 4.99 Å². The molecule has 0 amide bonds. The molecule has 1 aliphatic rings. The molecule has 1 atom stereocenters. The molecule has 0 fully saturated rings. The van der Waals surface area contributed by atoms with Crippen LogP contribution < -0.4 is 5.32 Å². The van der Waals surface area contributed by atoms with Gasteiger partial charge in [0.2, 0.25) is 0 Å². The quantitative estimate of drug-likeness (QED) is 0.492. The number of hydrogen-bond donors (Lipinski definition) is 1. The molecule has 1 heterocycles. The van der Waals surface area contributed by atoms with Gasteiger partial charge in [-0.2, -0.15) is 0 Å².